The number of fused-ring (bicyclic) bond motifs is 2. The van der Waals surface area contributed by atoms with Crippen LogP contribution in [-0.2, 0) is 7.05 Å². The fourth-order valence-corrected chi connectivity index (χ4v) is 3.07. The largest absolute Gasteiger partial charge is 0.323 e. The van der Waals surface area contributed by atoms with E-state index >= 15 is 0 Å². The first kappa shape index (κ1) is 12.2. The van der Waals surface area contributed by atoms with Gasteiger partial charge in [-0.2, -0.15) is 4.57 Å². The number of aryl methyl sites for hydroxylation is 2. The van der Waals surface area contributed by atoms with Gasteiger partial charge in [0.25, 0.3) is 0 Å². The van der Waals surface area contributed by atoms with Crippen molar-refractivity contribution in [3.8, 4) is 11.3 Å². The van der Waals surface area contributed by atoms with E-state index in [4.69, 9.17) is 0 Å². The molecule has 3 aromatic heterocycles. The van der Waals surface area contributed by atoms with Crippen molar-refractivity contribution in [2.45, 2.75) is 6.92 Å². The molecule has 0 atom stereocenters. The lowest BCUT2D eigenvalue weighted by atomic mass is 10.1. The maximum absolute atomic E-state index is 2.27. The van der Waals surface area contributed by atoms with Crippen LogP contribution in [0.1, 0.15) is 5.56 Å². The average molecular weight is 273 g/mol. The SMILES string of the molecule is Cc1cc2cccn2cc1-c1ccc2ccccc2[n+]1C. The summed E-state index contributed by atoms with van der Waals surface area (Å²) in [6, 6.07) is 19.4. The van der Waals surface area contributed by atoms with Crippen molar-refractivity contribution in [3.63, 3.8) is 0 Å². The van der Waals surface area contributed by atoms with Crippen LogP contribution in [-0.4, -0.2) is 4.40 Å². The third-order valence-electron chi connectivity index (χ3n) is 4.23. The Kier molecular flexibility index (Phi) is 2.58. The van der Waals surface area contributed by atoms with Crippen LogP contribution in [0.15, 0.2) is 67.0 Å². The molecular formula is C19H17N2+. The third kappa shape index (κ3) is 1.83. The monoisotopic (exact) mass is 273 g/mol. The van der Waals surface area contributed by atoms with Crippen LogP contribution < -0.4 is 4.57 Å². The Balaban J connectivity index is 2.03. The zero-order valence-electron chi connectivity index (χ0n) is 12.2. The Morgan fingerprint density at radius 1 is 0.952 bits per heavy atom. The van der Waals surface area contributed by atoms with Gasteiger partial charge in [0.2, 0.25) is 11.2 Å². The predicted molar refractivity (Wildman–Crippen MR) is 86.3 cm³/mol. The van der Waals surface area contributed by atoms with Gasteiger partial charge in [-0.15, -0.1) is 0 Å². The van der Waals surface area contributed by atoms with Gasteiger partial charge in [0.15, 0.2) is 0 Å². The minimum Gasteiger partial charge on any atom is -0.323 e. The van der Waals surface area contributed by atoms with Gasteiger partial charge in [-0.05, 0) is 42.8 Å². The molecule has 1 aromatic carbocycles. The molecule has 0 fully saturated rings. The molecule has 4 aromatic rings. The molecule has 0 saturated carbocycles. The van der Waals surface area contributed by atoms with Gasteiger partial charge >= 0.3 is 0 Å². The Morgan fingerprint density at radius 3 is 2.71 bits per heavy atom. The van der Waals surface area contributed by atoms with Crippen molar-refractivity contribution in [1.29, 1.82) is 0 Å². The van der Waals surface area contributed by atoms with E-state index in [1.165, 1.54) is 33.2 Å². The topological polar surface area (TPSA) is 8.29 Å². The van der Waals surface area contributed by atoms with Gasteiger partial charge in [-0.3, -0.25) is 0 Å². The Labute approximate surface area is 123 Å². The van der Waals surface area contributed by atoms with E-state index in [1.54, 1.807) is 0 Å². The van der Waals surface area contributed by atoms with E-state index in [-0.39, 0.29) is 0 Å². The molecule has 0 spiro atoms. The zero-order chi connectivity index (χ0) is 14.4. The van der Waals surface area contributed by atoms with E-state index in [2.05, 4.69) is 89.9 Å². The highest BCUT2D eigenvalue weighted by Crippen LogP contribution is 2.24. The number of hydrogen-bond donors (Lipinski definition) is 0. The van der Waals surface area contributed by atoms with Crippen molar-refractivity contribution in [1.82, 2.24) is 4.40 Å². The summed E-state index contributed by atoms with van der Waals surface area (Å²) < 4.78 is 4.45. The molecule has 0 saturated heterocycles. The first-order valence-electron chi connectivity index (χ1n) is 7.19. The smallest absolute Gasteiger partial charge is 0.214 e. The first-order chi connectivity index (χ1) is 10.2. The van der Waals surface area contributed by atoms with E-state index < -0.39 is 0 Å². The molecule has 2 heteroatoms. The summed E-state index contributed by atoms with van der Waals surface area (Å²) >= 11 is 0. The molecule has 0 amide bonds. The number of pyridine rings is 2. The molecule has 0 aliphatic carbocycles. The Bertz CT molecular complexity index is 964. The van der Waals surface area contributed by atoms with Crippen LogP contribution in [0.4, 0.5) is 0 Å². The summed E-state index contributed by atoms with van der Waals surface area (Å²) in [6.45, 7) is 2.18. The van der Waals surface area contributed by atoms with Gasteiger partial charge in [0, 0.05) is 35.4 Å². The quantitative estimate of drug-likeness (QED) is 0.465. The van der Waals surface area contributed by atoms with Crippen molar-refractivity contribution in [2.75, 3.05) is 0 Å². The standard InChI is InChI=1S/C19H17N2/c1-14-12-16-7-5-11-21(16)13-17(14)19-10-9-15-6-3-4-8-18(15)20(19)2/h3-13H,1-2H3/q+1. The van der Waals surface area contributed by atoms with Crippen LogP contribution in [0, 0.1) is 6.92 Å². The molecule has 0 bridgehead atoms. The molecule has 102 valence electrons. The number of benzene rings is 1. The number of nitrogens with zero attached hydrogens (tertiary/aromatic N) is 2. The van der Waals surface area contributed by atoms with Crippen LogP contribution in [0.25, 0.3) is 27.7 Å². The van der Waals surface area contributed by atoms with E-state index in [0.717, 1.165) is 0 Å². The van der Waals surface area contributed by atoms with Gasteiger partial charge in [-0.1, -0.05) is 12.1 Å². The lowest BCUT2D eigenvalue weighted by molar-refractivity contribution is -0.633. The third-order valence-corrected chi connectivity index (χ3v) is 4.23. The first-order valence-corrected chi connectivity index (χ1v) is 7.19. The summed E-state index contributed by atoms with van der Waals surface area (Å²) in [5, 5.41) is 1.27. The van der Waals surface area contributed by atoms with Crippen molar-refractivity contribution in [2.24, 2.45) is 7.05 Å². The Hall–Kier alpha value is -2.61. The summed E-state index contributed by atoms with van der Waals surface area (Å²) in [5.74, 6) is 0. The maximum Gasteiger partial charge on any atom is 0.214 e. The second kappa shape index (κ2) is 4.45. The zero-order valence-corrected chi connectivity index (χ0v) is 12.2. The highest BCUT2D eigenvalue weighted by Gasteiger charge is 2.16. The molecule has 3 heterocycles. The molecular weight excluding hydrogens is 256 g/mol. The van der Waals surface area contributed by atoms with Gasteiger partial charge < -0.3 is 4.40 Å². The summed E-state index contributed by atoms with van der Waals surface area (Å²) in [4.78, 5) is 0. The van der Waals surface area contributed by atoms with Gasteiger partial charge in [0.1, 0.15) is 7.05 Å². The molecule has 4 rings (SSSR count). The maximum atomic E-state index is 2.27. The molecule has 0 N–H and O–H groups in total. The molecule has 2 nitrogen and oxygen atoms in total. The van der Waals surface area contributed by atoms with E-state index in [9.17, 15) is 0 Å². The normalized spacial score (nSPS) is 11.3. The lowest BCUT2D eigenvalue weighted by Crippen LogP contribution is -2.32. The highest BCUT2D eigenvalue weighted by molar-refractivity contribution is 5.78. The minimum absolute atomic E-state index is 1.24. The van der Waals surface area contributed by atoms with Crippen molar-refractivity contribution >= 4 is 16.4 Å². The fraction of sp³-hybridized carbons (Fsp3) is 0.105. The fourth-order valence-electron chi connectivity index (χ4n) is 3.07. The molecule has 0 unspecified atom stereocenters. The van der Waals surface area contributed by atoms with E-state index in [0.29, 0.717) is 0 Å². The van der Waals surface area contributed by atoms with Gasteiger partial charge in [-0.25, -0.2) is 0 Å². The van der Waals surface area contributed by atoms with Crippen LogP contribution in [0.5, 0.6) is 0 Å². The van der Waals surface area contributed by atoms with Crippen molar-refractivity contribution < 1.29 is 4.57 Å². The summed E-state index contributed by atoms with van der Waals surface area (Å²) in [5.41, 5.74) is 6.29. The minimum atomic E-state index is 1.24. The second-order valence-corrected chi connectivity index (χ2v) is 5.55. The highest BCUT2D eigenvalue weighted by atomic mass is 14.9. The molecule has 21 heavy (non-hydrogen) atoms. The number of aromatic nitrogens is 2. The predicted octanol–water partition coefficient (Wildman–Crippen LogP) is 3.89. The number of hydrogen-bond acceptors (Lipinski definition) is 0. The lowest BCUT2D eigenvalue weighted by Gasteiger charge is -2.08. The summed E-state index contributed by atoms with van der Waals surface area (Å²) in [7, 11) is 2.14. The molecule has 0 aliphatic heterocycles. The molecule has 0 radical (unpaired) electrons. The van der Waals surface area contributed by atoms with Crippen LogP contribution in [0.3, 0.4) is 0 Å². The van der Waals surface area contributed by atoms with Crippen molar-refractivity contribution in [3.05, 3.63) is 72.6 Å². The van der Waals surface area contributed by atoms with Crippen LogP contribution in [0.2, 0.25) is 0 Å². The number of para-hydroxylation sites is 1. The second-order valence-electron chi connectivity index (χ2n) is 5.55. The van der Waals surface area contributed by atoms with E-state index in [1.807, 2.05) is 0 Å². The average Bonchev–Trinajstić information content (AvgIpc) is 2.94. The van der Waals surface area contributed by atoms with Crippen LogP contribution >= 0.6 is 0 Å². The summed E-state index contributed by atoms with van der Waals surface area (Å²) in [6.07, 6.45) is 4.31. The number of rotatable bonds is 1. The Morgan fingerprint density at radius 2 is 1.81 bits per heavy atom. The van der Waals surface area contributed by atoms with Gasteiger partial charge in [0.05, 0.1) is 5.56 Å². The molecule has 0 aliphatic rings.